The predicted molar refractivity (Wildman–Crippen MR) is 142 cm³/mol. The van der Waals surface area contributed by atoms with Crippen LogP contribution >= 0.6 is 0 Å². The lowest BCUT2D eigenvalue weighted by molar-refractivity contribution is 0.256. The van der Waals surface area contributed by atoms with Gasteiger partial charge in [0.2, 0.25) is 0 Å². The van der Waals surface area contributed by atoms with Crippen molar-refractivity contribution < 1.29 is 9.00 Å². The molecule has 8 nitrogen and oxygen atoms in total. The van der Waals surface area contributed by atoms with E-state index in [1.54, 1.807) is 4.90 Å². The molecule has 2 unspecified atom stereocenters. The molecule has 2 amide bonds. The number of nitrogens with one attached hydrogen (secondary N) is 2. The molecule has 35 heavy (non-hydrogen) atoms. The van der Waals surface area contributed by atoms with Gasteiger partial charge in [-0.25, -0.2) is 19.6 Å². The monoisotopic (exact) mass is 490 g/mol. The minimum Gasteiger partial charge on any atom is -0.403 e. The van der Waals surface area contributed by atoms with Crippen molar-refractivity contribution in [3.05, 3.63) is 90.8 Å². The summed E-state index contributed by atoms with van der Waals surface area (Å²) < 4.78 is 15.7. The molecule has 3 aromatic carbocycles. The summed E-state index contributed by atoms with van der Waals surface area (Å²) in [6.45, 7) is 2.86. The number of amides is 2. The molecule has 6 N–H and O–H groups in total. The summed E-state index contributed by atoms with van der Waals surface area (Å²) >= 11 is 0. The smallest absolute Gasteiger partial charge is 0.326 e. The van der Waals surface area contributed by atoms with Gasteiger partial charge in [0.1, 0.15) is 11.0 Å². The van der Waals surface area contributed by atoms with Gasteiger partial charge in [0.25, 0.3) is 0 Å². The average Bonchev–Trinajstić information content (AvgIpc) is 3.20. The molecule has 9 heteroatoms. The number of urea groups is 1. The van der Waals surface area contributed by atoms with Crippen LogP contribution in [0.2, 0.25) is 0 Å². The van der Waals surface area contributed by atoms with Gasteiger partial charge in [0.15, 0.2) is 0 Å². The van der Waals surface area contributed by atoms with Crippen LogP contribution in [0.3, 0.4) is 0 Å². The number of benzene rings is 3. The fraction of sp³-hybridized carbons (Fsp3) is 0.192. The van der Waals surface area contributed by atoms with E-state index in [0.717, 1.165) is 34.5 Å². The maximum Gasteiger partial charge on any atom is 0.326 e. The molecular weight excluding hydrogens is 460 g/mol. The Labute approximate surface area is 208 Å². The molecule has 1 aliphatic rings. The van der Waals surface area contributed by atoms with E-state index in [0.29, 0.717) is 18.0 Å². The topological polar surface area (TPSA) is 117 Å². The summed E-state index contributed by atoms with van der Waals surface area (Å²) in [7, 11) is -1.44. The van der Waals surface area contributed by atoms with Gasteiger partial charge in [-0.3, -0.25) is 4.90 Å². The summed E-state index contributed by atoms with van der Waals surface area (Å²) in [6.07, 6.45) is 3.62. The van der Waals surface area contributed by atoms with Crippen molar-refractivity contribution in [3.63, 3.8) is 0 Å². The highest BCUT2D eigenvalue weighted by atomic mass is 32.2. The quantitative estimate of drug-likeness (QED) is 0.285. The van der Waals surface area contributed by atoms with Crippen LogP contribution in [0.4, 0.5) is 16.2 Å². The Bertz CT molecular complexity index is 1220. The van der Waals surface area contributed by atoms with E-state index in [2.05, 4.69) is 22.2 Å². The second kappa shape index (κ2) is 11.2. The molecule has 4 rings (SSSR count). The van der Waals surface area contributed by atoms with Crippen LogP contribution in [0.25, 0.3) is 11.1 Å². The van der Waals surface area contributed by atoms with Crippen molar-refractivity contribution in [1.29, 1.82) is 0 Å². The Morgan fingerprint density at radius 2 is 1.83 bits per heavy atom. The van der Waals surface area contributed by atoms with Crippen LogP contribution in [0.15, 0.2) is 90.1 Å². The molecule has 1 heterocycles. The standard InChI is InChI=1S/C26H30N6O2S/c1-19-17-22-9-12-24(35(34)29-14-16-31(28)15-13-27)18-25(22)32(19)26(33)30-23-10-7-21(8-11-23)20-5-3-2-4-6-20/h2-13,15,18-19,29H,14,16-17,27-28H2,1H3,(H,30,33)/b15-13-. The largest absolute Gasteiger partial charge is 0.403 e. The van der Waals surface area contributed by atoms with E-state index in [-0.39, 0.29) is 12.1 Å². The lowest BCUT2D eigenvalue weighted by Gasteiger charge is -2.23. The number of fused-ring (bicyclic) bond motifs is 1. The van der Waals surface area contributed by atoms with Gasteiger partial charge >= 0.3 is 6.03 Å². The number of carbonyl (C=O) groups excluding carboxylic acids is 1. The third-order valence-corrected chi connectivity index (χ3v) is 6.98. The first kappa shape index (κ1) is 24.5. The summed E-state index contributed by atoms with van der Waals surface area (Å²) in [5, 5.41) is 4.41. The van der Waals surface area contributed by atoms with Gasteiger partial charge in [-0.1, -0.05) is 48.5 Å². The third-order valence-electron chi connectivity index (χ3n) is 5.83. The fourth-order valence-electron chi connectivity index (χ4n) is 4.11. The normalized spacial score (nSPS) is 15.7. The number of anilines is 2. The maximum atomic E-state index is 13.2. The van der Waals surface area contributed by atoms with Gasteiger partial charge in [-0.15, -0.1) is 0 Å². The van der Waals surface area contributed by atoms with E-state index in [1.807, 2.05) is 67.6 Å². The van der Waals surface area contributed by atoms with Crippen molar-refractivity contribution in [2.75, 3.05) is 23.3 Å². The van der Waals surface area contributed by atoms with Crippen LogP contribution in [0.5, 0.6) is 0 Å². The molecule has 0 spiro atoms. The highest BCUT2D eigenvalue weighted by Gasteiger charge is 2.31. The molecule has 0 saturated heterocycles. The number of rotatable bonds is 8. The van der Waals surface area contributed by atoms with Crippen molar-refractivity contribution in [2.24, 2.45) is 11.6 Å². The van der Waals surface area contributed by atoms with Gasteiger partial charge in [0, 0.05) is 37.2 Å². The number of nitrogens with zero attached hydrogens (tertiary/aromatic N) is 2. The van der Waals surface area contributed by atoms with Gasteiger partial charge in [-0.2, -0.15) is 0 Å². The van der Waals surface area contributed by atoms with E-state index < -0.39 is 11.0 Å². The molecule has 182 valence electrons. The van der Waals surface area contributed by atoms with Gasteiger partial charge in [0.05, 0.1) is 10.6 Å². The molecule has 0 saturated carbocycles. The van der Waals surface area contributed by atoms with Crippen molar-refractivity contribution in [1.82, 2.24) is 9.73 Å². The molecule has 2 atom stereocenters. The Hall–Kier alpha value is -3.66. The van der Waals surface area contributed by atoms with Crippen LogP contribution in [0.1, 0.15) is 12.5 Å². The number of hydrogen-bond donors (Lipinski definition) is 4. The Kier molecular flexibility index (Phi) is 7.81. The van der Waals surface area contributed by atoms with Crippen molar-refractivity contribution in [2.45, 2.75) is 24.3 Å². The molecule has 0 aromatic heterocycles. The maximum absolute atomic E-state index is 13.2. The zero-order valence-electron chi connectivity index (χ0n) is 19.6. The molecular formula is C26H30N6O2S. The first-order valence-corrected chi connectivity index (χ1v) is 12.5. The van der Waals surface area contributed by atoms with Crippen LogP contribution in [0, 0.1) is 0 Å². The zero-order chi connectivity index (χ0) is 24.8. The second-order valence-electron chi connectivity index (χ2n) is 8.33. The van der Waals surface area contributed by atoms with Crippen LogP contribution in [-0.2, 0) is 17.4 Å². The second-order valence-corrected chi connectivity index (χ2v) is 9.63. The lowest BCUT2D eigenvalue weighted by atomic mass is 10.1. The van der Waals surface area contributed by atoms with Crippen LogP contribution in [-0.4, -0.2) is 34.4 Å². The van der Waals surface area contributed by atoms with Gasteiger partial charge in [-0.05, 0) is 54.3 Å². The lowest BCUT2D eigenvalue weighted by Crippen LogP contribution is -2.39. The van der Waals surface area contributed by atoms with E-state index in [9.17, 15) is 9.00 Å². The first-order chi connectivity index (χ1) is 17.0. The molecule has 0 radical (unpaired) electrons. The average molecular weight is 491 g/mol. The number of carbonyl (C=O) groups is 1. The number of nitrogens with two attached hydrogens (primary N) is 2. The fourth-order valence-corrected chi connectivity index (χ4v) is 4.96. The minimum atomic E-state index is -1.44. The molecule has 1 aliphatic heterocycles. The van der Waals surface area contributed by atoms with Gasteiger partial charge < -0.3 is 16.1 Å². The summed E-state index contributed by atoms with van der Waals surface area (Å²) in [4.78, 5) is 15.5. The highest BCUT2D eigenvalue weighted by Crippen LogP contribution is 2.34. The zero-order valence-corrected chi connectivity index (χ0v) is 20.4. The summed E-state index contributed by atoms with van der Waals surface area (Å²) in [6, 6.07) is 23.2. The highest BCUT2D eigenvalue weighted by molar-refractivity contribution is 7.83. The van der Waals surface area contributed by atoms with Crippen LogP contribution < -0.4 is 26.5 Å². The summed E-state index contributed by atoms with van der Waals surface area (Å²) in [5.74, 6) is 5.73. The Morgan fingerprint density at radius 1 is 1.11 bits per heavy atom. The SMILES string of the molecule is CC1Cc2ccc(S(=O)NCCN(N)/C=C\N)cc2N1C(=O)Nc1ccc(-c2ccccc2)cc1. The predicted octanol–water partition coefficient (Wildman–Crippen LogP) is 3.55. The molecule has 3 aromatic rings. The first-order valence-electron chi connectivity index (χ1n) is 11.4. The minimum absolute atomic E-state index is 0.0147. The number of hydrazine groups is 1. The molecule has 0 bridgehead atoms. The Balaban J connectivity index is 1.44. The molecule has 0 fully saturated rings. The molecule has 0 aliphatic carbocycles. The van der Waals surface area contributed by atoms with Crippen molar-refractivity contribution >= 4 is 28.4 Å². The Morgan fingerprint density at radius 3 is 2.54 bits per heavy atom. The van der Waals surface area contributed by atoms with E-state index >= 15 is 0 Å². The van der Waals surface area contributed by atoms with E-state index in [4.69, 9.17) is 11.6 Å². The van der Waals surface area contributed by atoms with E-state index in [1.165, 1.54) is 17.4 Å². The summed E-state index contributed by atoms with van der Waals surface area (Å²) in [5.41, 5.74) is 10.1. The third kappa shape index (κ3) is 5.89. The van der Waals surface area contributed by atoms with Crippen molar-refractivity contribution in [3.8, 4) is 11.1 Å². The number of hydrogen-bond acceptors (Lipinski definition) is 5.